The molecule has 0 aliphatic rings. The molecule has 0 fully saturated rings. The highest BCUT2D eigenvalue weighted by atomic mass is 19.1. The van der Waals surface area contributed by atoms with Crippen LogP contribution in [-0.2, 0) is 9.47 Å². The lowest BCUT2D eigenvalue weighted by atomic mass is 10.1. The Morgan fingerprint density at radius 2 is 2.16 bits per heavy atom. The van der Waals surface area contributed by atoms with Crippen molar-refractivity contribution in [2.24, 2.45) is 0 Å². The minimum atomic E-state index is -0.463. The maximum Gasteiger partial charge on any atom is 0.253 e. The number of amides is 1. The Bertz CT molecular complexity index is 426. The van der Waals surface area contributed by atoms with Crippen LogP contribution in [0.4, 0.5) is 10.1 Å². The summed E-state index contributed by atoms with van der Waals surface area (Å²) in [6.45, 7) is 0.668. The van der Waals surface area contributed by atoms with Crippen LogP contribution in [0.5, 0.6) is 0 Å². The predicted octanol–water partition coefficient (Wildman–Crippen LogP) is 1.26. The topological polar surface area (TPSA) is 59.6 Å². The van der Waals surface area contributed by atoms with Crippen molar-refractivity contribution < 1.29 is 18.7 Å². The molecule has 1 rings (SSSR count). The van der Waals surface area contributed by atoms with Gasteiger partial charge in [-0.15, -0.1) is 0 Å². The summed E-state index contributed by atoms with van der Waals surface area (Å²) in [5, 5.41) is 5.37. The van der Waals surface area contributed by atoms with E-state index in [9.17, 15) is 9.18 Å². The molecule has 0 spiro atoms. The summed E-state index contributed by atoms with van der Waals surface area (Å²) in [6, 6.07) is 4.35. The maximum atomic E-state index is 13.5. The summed E-state index contributed by atoms with van der Waals surface area (Å²) in [4.78, 5) is 12.0. The van der Waals surface area contributed by atoms with Crippen molar-refractivity contribution >= 4 is 11.6 Å². The molecule has 6 heteroatoms. The van der Waals surface area contributed by atoms with E-state index in [1.54, 1.807) is 20.2 Å². The van der Waals surface area contributed by atoms with E-state index in [1.807, 2.05) is 0 Å². The van der Waals surface area contributed by atoms with Crippen molar-refractivity contribution in [3.63, 3.8) is 0 Å². The lowest BCUT2D eigenvalue weighted by Crippen LogP contribution is -2.35. The van der Waals surface area contributed by atoms with E-state index in [0.29, 0.717) is 13.2 Å². The van der Waals surface area contributed by atoms with Crippen LogP contribution in [0, 0.1) is 5.82 Å². The number of ether oxygens (including phenoxy) is 2. The first-order chi connectivity index (χ1) is 9.13. The van der Waals surface area contributed by atoms with Crippen molar-refractivity contribution in [2.45, 2.75) is 6.10 Å². The normalized spacial score (nSPS) is 12.0. The van der Waals surface area contributed by atoms with E-state index in [4.69, 9.17) is 9.47 Å². The highest BCUT2D eigenvalue weighted by Crippen LogP contribution is 2.18. The lowest BCUT2D eigenvalue weighted by Gasteiger charge is -2.16. The van der Waals surface area contributed by atoms with Gasteiger partial charge in [-0.05, 0) is 12.1 Å². The van der Waals surface area contributed by atoms with Gasteiger partial charge in [-0.25, -0.2) is 4.39 Å². The van der Waals surface area contributed by atoms with E-state index >= 15 is 0 Å². The third kappa shape index (κ3) is 4.18. The first kappa shape index (κ1) is 15.4. The van der Waals surface area contributed by atoms with Gasteiger partial charge in [0, 0.05) is 27.8 Å². The van der Waals surface area contributed by atoms with Gasteiger partial charge in [0.25, 0.3) is 5.91 Å². The Morgan fingerprint density at radius 3 is 2.74 bits per heavy atom. The molecule has 1 aromatic carbocycles. The van der Waals surface area contributed by atoms with Gasteiger partial charge < -0.3 is 20.1 Å². The smallest absolute Gasteiger partial charge is 0.253 e. The molecule has 0 saturated heterocycles. The monoisotopic (exact) mass is 270 g/mol. The van der Waals surface area contributed by atoms with Crippen LogP contribution in [0.25, 0.3) is 0 Å². The zero-order valence-electron chi connectivity index (χ0n) is 11.3. The number of carbonyl (C=O) groups is 1. The van der Waals surface area contributed by atoms with E-state index in [0.717, 1.165) is 0 Å². The van der Waals surface area contributed by atoms with Gasteiger partial charge in [0.2, 0.25) is 0 Å². The fourth-order valence-corrected chi connectivity index (χ4v) is 1.67. The van der Waals surface area contributed by atoms with Crippen LogP contribution in [-0.4, -0.2) is 46.4 Å². The number of methoxy groups -OCH3 is 2. The molecular weight excluding hydrogens is 251 g/mol. The van der Waals surface area contributed by atoms with Gasteiger partial charge >= 0.3 is 0 Å². The molecule has 1 unspecified atom stereocenters. The average Bonchev–Trinajstić information content (AvgIpc) is 2.42. The molecule has 0 aromatic heterocycles. The number of carbonyl (C=O) groups excluding carboxylic acids is 1. The molecule has 0 saturated carbocycles. The highest BCUT2D eigenvalue weighted by molar-refractivity contribution is 5.99. The molecule has 0 aliphatic heterocycles. The van der Waals surface area contributed by atoms with Crippen LogP contribution in [0.2, 0.25) is 0 Å². The van der Waals surface area contributed by atoms with E-state index in [-0.39, 0.29) is 23.3 Å². The molecule has 106 valence electrons. The van der Waals surface area contributed by atoms with Gasteiger partial charge in [-0.1, -0.05) is 6.07 Å². The Hall–Kier alpha value is -1.66. The average molecular weight is 270 g/mol. The molecule has 1 amide bonds. The molecule has 1 aromatic rings. The van der Waals surface area contributed by atoms with Crippen LogP contribution >= 0.6 is 0 Å². The fraction of sp³-hybridized carbons (Fsp3) is 0.462. The Labute approximate surface area is 112 Å². The number of hydrogen-bond donors (Lipinski definition) is 2. The number of benzene rings is 1. The molecule has 2 N–H and O–H groups in total. The Balaban J connectivity index is 2.70. The Kier molecular flexibility index (Phi) is 6.24. The first-order valence-electron chi connectivity index (χ1n) is 5.90. The standard InChI is InChI=1S/C13H19FN2O3/c1-15-12-10(5-4-6-11(12)14)13(17)16-7-9(19-3)8-18-2/h4-6,9,15H,7-8H2,1-3H3,(H,16,17). The van der Waals surface area contributed by atoms with Crippen molar-refractivity contribution in [3.8, 4) is 0 Å². The third-order valence-electron chi connectivity index (χ3n) is 2.68. The Morgan fingerprint density at radius 1 is 1.42 bits per heavy atom. The van der Waals surface area contributed by atoms with Crippen molar-refractivity contribution in [1.82, 2.24) is 5.32 Å². The molecule has 0 aliphatic carbocycles. The summed E-state index contributed by atoms with van der Waals surface area (Å²) >= 11 is 0. The SMILES string of the molecule is CNc1c(F)cccc1C(=O)NCC(COC)OC. The lowest BCUT2D eigenvalue weighted by molar-refractivity contribution is 0.0285. The van der Waals surface area contributed by atoms with Crippen LogP contribution in [0.1, 0.15) is 10.4 Å². The molecule has 0 heterocycles. The van der Waals surface area contributed by atoms with Crippen LogP contribution in [0.15, 0.2) is 18.2 Å². The predicted molar refractivity (Wildman–Crippen MR) is 71.0 cm³/mol. The number of nitrogens with one attached hydrogen (secondary N) is 2. The number of rotatable bonds is 7. The molecular formula is C13H19FN2O3. The van der Waals surface area contributed by atoms with Gasteiger partial charge in [0.15, 0.2) is 0 Å². The van der Waals surface area contributed by atoms with Crippen molar-refractivity contribution in [1.29, 1.82) is 0 Å². The molecule has 0 bridgehead atoms. The fourth-order valence-electron chi connectivity index (χ4n) is 1.67. The number of halogens is 1. The van der Waals surface area contributed by atoms with Gasteiger partial charge in [-0.3, -0.25) is 4.79 Å². The van der Waals surface area contributed by atoms with Crippen LogP contribution < -0.4 is 10.6 Å². The quantitative estimate of drug-likeness (QED) is 0.783. The summed E-state index contributed by atoms with van der Waals surface area (Å²) in [5.41, 5.74) is 0.440. The molecule has 19 heavy (non-hydrogen) atoms. The minimum Gasteiger partial charge on any atom is -0.385 e. The largest absolute Gasteiger partial charge is 0.385 e. The van der Waals surface area contributed by atoms with Crippen LogP contribution in [0.3, 0.4) is 0 Å². The van der Waals surface area contributed by atoms with Crippen molar-refractivity contribution in [2.75, 3.05) is 39.7 Å². The van der Waals surface area contributed by atoms with Gasteiger partial charge in [-0.2, -0.15) is 0 Å². The van der Waals surface area contributed by atoms with Gasteiger partial charge in [0.05, 0.1) is 24.0 Å². The second-order valence-electron chi connectivity index (χ2n) is 3.94. The number of para-hydroxylation sites is 1. The van der Waals surface area contributed by atoms with Gasteiger partial charge in [0.1, 0.15) is 5.82 Å². The van der Waals surface area contributed by atoms with E-state index < -0.39 is 5.82 Å². The van der Waals surface area contributed by atoms with E-state index in [2.05, 4.69) is 10.6 Å². The molecule has 5 nitrogen and oxygen atoms in total. The summed E-state index contributed by atoms with van der Waals surface area (Å²) in [6.07, 6.45) is -0.236. The summed E-state index contributed by atoms with van der Waals surface area (Å²) < 4.78 is 23.6. The second kappa shape index (κ2) is 7.70. The number of hydrogen-bond acceptors (Lipinski definition) is 4. The minimum absolute atomic E-state index is 0.181. The molecule has 1 atom stereocenters. The van der Waals surface area contributed by atoms with E-state index in [1.165, 1.54) is 19.2 Å². The summed E-state index contributed by atoms with van der Waals surface area (Å²) in [7, 11) is 4.66. The van der Waals surface area contributed by atoms with Crippen molar-refractivity contribution in [3.05, 3.63) is 29.6 Å². The second-order valence-corrected chi connectivity index (χ2v) is 3.94. The highest BCUT2D eigenvalue weighted by Gasteiger charge is 2.15. The summed E-state index contributed by atoms with van der Waals surface area (Å²) in [5.74, 6) is -0.822. The zero-order valence-corrected chi connectivity index (χ0v) is 11.3. The number of anilines is 1. The zero-order chi connectivity index (χ0) is 14.3. The third-order valence-corrected chi connectivity index (χ3v) is 2.68. The first-order valence-corrected chi connectivity index (χ1v) is 5.90. The molecule has 0 radical (unpaired) electrons. The maximum absolute atomic E-state index is 13.5.